The highest BCUT2D eigenvalue weighted by molar-refractivity contribution is 6.32. The Hall–Kier alpha value is -2.21. The van der Waals surface area contributed by atoms with E-state index >= 15 is 0 Å². The molecule has 0 amide bonds. The highest BCUT2D eigenvalue weighted by Crippen LogP contribution is 2.32. The average Bonchev–Trinajstić information content (AvgIpc) is 2.90. The molecule has 1 aromatic heterocycles. The second kappa shape index (κ2) is 7.19. The van der Waals surface area contributed by atoms with Gasteiger partial charge in [0.25, 0.3) is 0 Å². The molecule has 0 bridgehead atoms. The van der Waals surface area contributed by atoms with Gasteiger partial charge in [-0.15, -0.1) is 0 Å². The molecule has 0 N–H and O–H groups in total. The molecule has 0 saturated heterocycles. The van der Waals surface area contributed by atoms with Gasteiger partial charge >= 0.3 is 6.18 Å². The molecule has 0 spiro atoms. The van der Waals surface area contributed by atoms with E-state index in [4.69, 9.17) is 16.3 Å². The van der Waals surface area contributed by atoms with Crippen molar-refractivity contribution in [3.8, 4) is 5.75 Å². The maximum absolute atomic E-state index is 13.0. The fourth-order valence-corrected chi connectivity index (χ4v) is 2.93. The van der Waals surface area contributed by atoms with Crippen LogP contribution in [0.3, 0.4) is 0 Å². The van der Waals surface area contributed by atoms with Gasteiger partial charge in [0.15, 0.2) is 0 Å². The third-order valence-corrected chi connectivity index (χ3v) is 4.21. The zero-order valence-corrected chi connectivity index (χ0v) is 15.1. The number of fused-ring (bicyclic) bond motifs is 1. The Kier molecular flexibility index (Phi) is 5.14. The van der Waals surface area contributed by atoms with Crippen molar-refractivity contribution in [2.45, 2.75) is 33.2 Å². The van der Waals surface area contributed by atoms with E-state index in [1.54, 1.807) is 24.3 Å². The van der Waals surface area contributed by atoms with Gasteiger partial charge in [-0.1, -0.05) is 37.6 Å². The van der Waals surface area contributed by atoms with Crippen molar-refractivity contribution in [2.75, 3.05) is 0 Å². The third-order valence-electron chi connectivity index (χ3n) is 3.90. The van der Waals surface area contributed by atoms with E-state index in [2.05, 4.69) is 4.98 Å². The number of nitrogens with zero attached hydrogens (tertiary/aromatic N) is 2. The normalized spacial score (nSPS) is 12.1. The smallest absolute Gasteiger partial charge is 0.416 e. The highest BCUT2D eigenvalue weighted by Gasteiger charge is 2.31. The SMILES string of the molecule is CC(C)Cn1c(COc2ccccc2Cl)nc2cc(C(F)(F)F)ccc21. The molecular weight excluding hydrogens is 365 g/mol. The summed E-state index contributed by atoms with van der Waals surface area (Å²) in [6, 6.07) is 10.7. The monoisotopic (exact) mass is 382 g/mol. The van der Waals surface area contributed by atoms with Gasteiger partial charge in [-0.3, -0.25) is 0 Å². The number of benzene rings is 2. The Morgan fingerprint density at radius 2 is 1.88 bits per heavy atom. The summed E-state index contributed by atoms with van der Waals surface area (Å²) in [4.78, 5) is 4.38. The molecule has 26 heavy (non-hydrogen) atoms. The average molecular weight is 383 g/mol. The molecule has 0 atom stereocenters. The molecule has 0 aliphatic carbocycles. The van der Waals surface area contributed by atoms with Crippen molar-refractivity contribution < 1.29 is 17.9 Å². The van der Waals surface area contributed by atoms with E-state index in [0.29, 0.717) is 40.1 Å². The van der Waals surface area contributed by atoms with Gasteiger partial charge < -0.3 is 9.30 Å². The van der Waals surface area contributed by atoms with E-state index in [-0.39, 0.29) is 6.61 Å². The van der Waals surface area contributed by atoms with Crippen LogP contribution in [0.15, 0.2) is 42.5 Å². The van der Waals surface area contributed by atoms with Crippen LogP contribution in [0.25, 0.3) is 11.0 Å². The molecule has 2 aromatic carbocycles. The summed E-state index contributed by atoms with van der Waals surface area (Å²) in [5.41, 5.74) is 0.250. The van der Waals surface area contributed by atoms with Crippen LogP contribution in [0, 0.1) is 5.92 Å². The summed E-state index contributed by atoms with van der Waals surface area (Å²) < 4.78 is 46.6. The molecule has 3 rings (SSSR count). The Morgan fingerprint density at radius 1 is 1.15 bits per heavy atom. The van der Waals surface area contributed by atoms with Gasteiger partial charge in [-0.25, -0.2) is 4.98 Å². The van der Waals surface area contributed by atoms with E-state index in [9.17, 15) is 13.2 Å². The second-order valence-corrected chi connectivity index (χ2v) is 6.86. The van der Waals surface area contributed by atoms with Crippen LogP contribution in [-0.2, 0) is 19.3 Å². The van der Waals surface area contributed by atoms with Crippen LogP contribution in [0.5, 0.6) is 5.75 Å². The number of alkyl halides is 3. The number of hydrogen-bond donors (Lipinski definition) is 0. The zero-order valence-electron chi connectivity index (χ0n) is 14.3. The molecule has 0 unspecified atom stereocenters. The van der Waals surface area contributed by atoms with Crippen molar-refractivity contribution in [1.82, 2.24) is 9.55 Å². The molecule has 0 fully saturated rings. The van der Waals surface area contributed by atoms with Gasteiger partial charge in [0.1, 0.15) is 18.2 Å². The summed E-state index contributed by atoms with van der Waals surface area (Å²) >= 11 is 6.09. The van der Waals surface area contributed by atoms with Gasteiger partial charge in [0.2, 0.25) is 0 Å². The molecule has 0 aliphatic rings. The van der Waals surface area contributed by atoms with Crippen LogP contribution in [0.1, 0.15) is 25.2 Å². The Morgan fingerprint density at radius 3 is 2.54 bits per heavy atom. The number of halogens is 4. The predicted molar refractivity (Wildman–Crippen MR) is 95.4 cm³/mol. The lowest BCUT2D eigenvalue weighted by molar-refractivity contribution is -0.137. The first kappa shape index (κ1) is 18.6. The summed E-state index contributed by atoms with van der Waals surface area (Å²) in [6.07, 6.45) is -4.40. The maximum atomic E-state index is 13.0. The first-order chi connectivity index (χ1) is 12.3. The van der Waals surface area contributed by atoms with E-state index < -0.39 is 11.7 Å². The molecule has 3 aromatic rings. The fraction of sp³-hybridized carbons (Fsp3) is 0.316. The second-order valence-electron chi connectivity index (χ2n) is 6.45. The van der Waals surface area contributed by atoms with Crippen molar-refractivity contribution in [3.63, 3.8) is 0 Å². The molecule has 3 nitrogen and oxygen atoms in total. The largest absolute Gasteiger partial charge is 0.484 e. The number of rotatable bonds is 5. The lowest BCUT2D eigenvalue weighted by Crippen LogP contribution is -2.11. The Labute approximate surface area is 154 Å². The van der Waals surface area contributed by atoms with Gasteiger partial charge in [0, 0.05) is 6.54 Å². The number of aromatic nitrogens is 2. The minimum absolute atomic E-state index is 0.118. The topological polar surface area (TPSA) is 27.1 Å². The highest BCUT2D eigenvalue weighted by atomic mass is 35.5. The first-order valence-electron chi connectivity index (χ1n) is 8.19. The van der Waals surface area contributed by atoms with Crippen LogP contribution in [0.4, 0.5) is 13.2 Å². The van der Waals surface area contributed by atoms with Crippen molar-refractivity contribution in [2.24, 2.45) is 5.92 Å². The van der Waals surface area contributed by atoms with E-state index in [0.717, 1.165) is 12.1 Å². The maximum Gasteiger partial charge on any atom is 0.416 e. The predicted octanol–water partition coefficient (Wildman–Crippen LogP) is 5.94. The van der Waals surface area contributed by atoms with Crippen LogP contribution in [0.2, 0.25) is 5.02 Å². The number of para-hydroxylation sites is 1. The van der Waals surface area contributed by atoms with Crippen LogP contribution in [-0.4, -0.2) is 9.55 Å². The number of ether oxygens (including phenoxy) is 1. The van der Waals surface area contributed by atoms with E-state index in [1.807, 2.05) is 18.4 Å². The summed E-state index contributed by atoms with van der Waals surface area (Å²) in [5, 5.41) is 0.471. The summed E-state index contributed by atoms with van der Waals surface area (Å²) in [7, 11) is 0. The molecule has 7 heteroatoms. The van der Waals surface area contributed by atoms with Gasteiger partial charge in [-0.2, -0.15) is 13.2 Å². The van der Waals surface area contributed by atoms with Crippen LogP contribution >= 0.6 is 11.6 Å². The molecule has 1 heterocycles. The Balaban J connectivity index is 1.98. The zero-order chi connectivity index (χ0) is 18.9. The molecule has 138 valence electrons. The minimum atomic E-state index is -4.40. The Bertz CT molecular complexity index is 919. The third kappa shape index (κ3) is 3.96. The summed E-state index contributed by atoms with van der Waals surface area (Å²) in [6.45, 7) is 4.82. The number of hydrogen-bond acceptors (Lipinski definition) is 2. The molecular formula is C19H18ClF3N2O. The lowest BCUT2D eigenvalue weighted by Gasteiger charge is -2.13. The van der Waals surface area contributed by atoms with E-state index in [1.165, 1.54) is 6.07 Å². The molecule has 0 aliphatic heterocycles. The minimum Gasteiger partial charge on any atom is -0.484 e. The quantitative estimate of drug-likeness (QED) is 0.545. The van der Waals surface area contributed by atoms with Crippen LogP contribution < -0.4 is 4.74 Å². The number of imidazole rings is 1. The van der Waals surface area contributed by atoms with Gasteiger partial charge in [-0.05, 0) is 36.2 Å². The van der Waals surface area contributed by atoms with Crippen molar-refractivity contribution in [3.05, 3.63) is 58.9 Å². The lowest BCUT2D eigenvalue weighted by atomic mass is 10.2. The fourth-order valence-electron chi connectivity index (χ4n) is 2.74. The standard InChI is InChI=1S/C19H18ClF3N2O/c1-12(2)10-25-16-8-7-13(19(21,22)23)9-15(16)24-18(25)11-26-17-6-4-3-5-14(17)20/h3-9,12H,10-11H2,1-2H3. The first-order valence-corrected chi connectivity index (χ1v) is 8.57. The van der Waals surface area contributed by atoms with Crippen molar-refractivity contribution >= 4 is 22.6 Å². The molecule has 0 radical (unpaired) electrons. The summed E-state index contributed by atoms with van der Waals surface area (Å²) in [5.74, 6) is 1.37. The van der Waals surface area contributed by atoms with Gasteiger partial charge in [0.05, 0.1) is 21.6 Å². The van der Waals surface area contributed by atoms with Crippen molar-refractivity contribution in [1.29, 1.82) is 0 Å². The molecule has 0 saturated carbocycles.